The van der Waals surface area contributed by atoms with Gasteiger partial charge >= 0.3 is 0 Å². The molecule has 0 atom stereocenters. The molecule has 2 rings (SSSR count). The summed E-state index contributed by atoms with van der Waals surface area (Å²) in [5, 5.41) is 9.69. The van der Waals surface area contributed by atoms with Gasteiger partial charge in [0.15, 0.2) is 0 Å². The summed E-state index contributed by atoms with van der Waals surface area (Å²) in [6.07, 6.45) is 0. The molecule has 0 saturated carbocycles. The molecule has 84 valence electrons. The van der Waals surface area contributed by atoms with Crippen molar-refractivity contribution in [3.05, 3.63) is 58.6 Å². The second-order valence-corrected chi connectivity index (χ2v) is 5.22. The number of nitriles is 1. The van der Waals surface area contributed by atoms with E-state index in [9.17, 15) is 0 Å². The molecule has 2 aromatic rings. The molecular weight excluding hydrogens is 250 g/mol. The molecule has 0 aromatic heterocycles. The first-order valence-corrected chi connectivity index (χ1v) is 6.32. The van der Waals surface area contributed by atoms with Crippen LogP contribution in [0.5, 0.6) is 0 Å². The molecule has 0 aliphatic rings. The lowest BCUT2D eigenvalue weighted by Crippen LogP contribution is -1.82. The number of aryl methyl sites for hydroxylation is 1. The highest BCUT2D eigenvalue weighted by atomic mass is 35.5. The molecule has 0 amide bonds. The van der Waals surface area contributed by atoms with Crippen LogP contribution in [-0.4, -0.2) is 0 Å². The highest BCUT2D eigenvalue weighted by molar-refractivity contribution is 7.99. The van der Waals surface area contributed by atoms with Gasteiger partial charge in [-0.2, -0.15) is 5.26 Å². The largest absolute Gasteiger partial charge is 0.192 e. The molecule has 2 aromatic carbocycles. The summed E-state index contributed by atoms with van der Waals surface area (Å²) in [5.41, 5.74) is 1.86. The van der Waals surface area contributed by atoms with Crippen LogP contribution in [0.25, 0.3) is 0 Å². The third-order valence-corrected chi connectivity index (χ3v) is 3.56. The third-order valence-electron chi connectivity index (χ3n) is 2.28. The Morgan fingerprint density at radius 1 is 1.18 bits per heavy atom. The van der Waals surface area contributed by atoms with E-state index in [4.69, 9.17) is 16.9 Å². The van der Waals surface area contributed by atoms with Gasteiger partial charge in [-0.3, -0.25) is 0 Å². The maximum absolute atomic E-state index is 9.04. The van der Waals surface area contributed by atoms with Gasteiger partial charge in [-0.1, -0.05) is 41.1 Å². The Morgan fingerprint density at radius 2 is 2.00 bits per heavy atom. The van der Waals surface area contributed by atoms with Gasteiger partial charge in [0.05, 0.1) is 5.56 Å². The SMILES string of the molecule is Cc1cccc(Sc2cc(Cl)ccc2C#N)c1. The number of hydrogen-bond donors (Lipinski definition) is 0. The monoisotopic (exact) mass is 259 g/mol. The zero-order valence-electron chi connectivity index (χ0n) is 9.27. The number of nitrogens with zero attached hydrogens (tertiary/aromatic N) is 1. The van der Waals surface area contributed by atoms with Crippen LogP contribution >= 0.6 is 23.4 Å². The van der Waals surface area contributed by atoms with Crippen LogP contribution in [0, 0.1) is 18.3 Å². The maximum atomic E-state index is 9.04. The van der Waals surface area contributed by atoms with Crippen LogP contribution in [-0.2, 0) is 0 Å². The first-order chi connectivity index (χ1) is 8.19. The van der Waals surface area contributed by atoms with E-state index in [0.717, 1.165) is 9.79 Å². The van der Waals surface area contributed by atoms with E-state index in [-0.39, 0.29) is 0 Å². The number of benzene rings is 2. The molecule has 0 aliphatic heterocycles. The van der Waals surface area contributed by atoms with Crippen molar-refractivity contribution in [1.82, 2.24) is 0 Å². The van der Waals surface area contributed by atoms with Crippen LogP contribution < -0.4 is 0 Å². The average molecular weight is 260 g/mol. The standard InChI is InChI=1S/C14H10ClNS/c1-10-3-2-4-13(7-10)17-14-8-12(15)6-5-11(14)9-16/h2-8H,1H3. The van der Waals surface area contributed by atoms with Gasteiger partial charge in [-0.25, -0.2) is 0 Å². The predicted octanol–water partition coefficient (Wildman–Crippen LogP) is 4.67. The van der Waals surface area contributed by atoms with Crippen LogP contribution in [0.2, 0.25) is 5.02 Å². The van der Waals surface area contributed by atoms with Crippen molar-refractivity contribution >= 4 is 23.4 Å². The summed E-state index contributed by atoms with van der Waals surface area (Å²) in [5.74, 6) is 0. The van der Waals surface area contributed by atoms with E-state index in [2.05, 4.69) is 12.1 Å². The topological polar surface area (TPSA) is 23.8 Å². The third kappa shape index (κ3) is 3.03. The Bertz CT molecular complexity index is 587. The molecule has 1 nitrogen and oxygen atoms in total. The quantitative estimate of drug-likeness (QED) is 0.782. The van der Waals surface area contributed by atoms with Crippen molar-refractivity contribution in [1.29, 1.82) is 5.26 Å². The first-order valence-electron chi connectivity index (χ1n) is 5.13. The first kappa shape index (κ1) is 12.0. The zero-order valence-corrected chi connectivity index (χ0v) is 10.8. The van der Waals surface area contributed by atoms with Crippen molar-refractivity contribution in [2.45, 2.75) is 16.7 Å². The van der Waals surface area contributed by atoms with E-state index in [1.54, 1.807) is 23.9 Å². The summed E-state index contributed by atoms with van der Waals surface area (Å²) < 4.78 is 0. The summed E-state index contributed by atoms with van der Waals surface area (Å²) in [6, 6.07) is 15.7. The molecule has 17 heavy (non-hydrogen) atoms. The molecule has 0 saturated heterocycles. The average Bonchev–Trinajstić information content (AvgIpc) is 2.29. The fourth-order valence-corrected chi connectivity index (χ4v) is 2.77. The normalized spacial score (nSPS) is 9.94. The number of hydrogen-bond acceptors (Lipinski definition) is 2. The second kappa shape index (κ2) is 5.27. The van der Waals surface area contributed by atoms with Crippen LogP contribution in [0.15, 0.2) is 52.3 Å². The smallest absolute Gasteiger partial charge is 0.100 e. The van der Waals surface area contributed by atoms with Crippen molar-refractivity contribution < 1.29 is 0 Å². The molecule has 0 fully saturated rings. The molecule has 0 radical (unpaired) electrons. The Balaban J connectivity index is 2.36. The predicted molar refractivity (Wildman–Crippen MR) is 71.5 cm³/mol. The number of rotatable bonds is 2. The van der Waals surface area contributed by atoms with Gasteiger partial charge in [0.25, 0.3) is 0 Å². The van der Waals surface area contributed by atoms with E-state index in [0.29, 0.717) is 10.6 Å². The van der Waals surface area contributed by atoms with E-state index < -0.39 is 0 Å². The summed E-state index contributed by atoms with van der Waals surface area (Å²) in [6.45, 7) is 2.05. The Hall–Kier alpha value is -1.43. The lowest BCUT2D eigenvalue weighted by Gasteiger charge is -2.05. The summed E-state index contributed by atoms with van der Waals surface area (Å²) in [4.78, 5) is 2.01. The van der Waals surface area contributed by atoms with Gasteiger partial charge in [-0.15, -0.1) is 0 Å². The van der Waals surface area contributed by atoms with Crippen LogP contribution in [0.3, 0.4) is 0 Å². The van der Waals surface area contributed by atoms with Gasteiger partial charge in [0.2, 0.25) is 0 Å². The van der Waals surface area contributed by atoms with Crippen molar-refractivity contribution in [3.63, 3.8) is 0 Å². The molecule has 0 heterocycles. The Kier molecular flexibility index (Phi) is 3.73. The molecule has 0 spiro atoms. The lowest BCUT2D eigenvalue weighted by atomic mass is 10.2. The highest BCUT2D eigenvalue weighted by Gasteiger charge is 2.05. The van der Waals surface area contributed by atoms with Gasteiger partial charge in [0.1, 0.15) is 6.07 Å². The van der Waals surface area contributed by atoms with Crippen molar-refractivity contribution in [2.75, 3.05) is 0 Å². The molecule has 3 heteroatoms. The second-order valence-electron chi connectivity index (χ2n) is 3.67. The Labute approximate surface area is 110 Å². The fraction of sp³-hybridized carbons (Fsp3) is 0.0714. The molecule has 0 bridgehead atoms. The van der Waals surface area contributed by atoms with Crippen LogP contribution in [0.4, 0.5) is 0 Å². The summed E-state index contributed by atoms with van der Waals surface area (Å²) in [7, 11) is 0. The van der Waals surface area contributed by atoms with Crippen LogP contribution in [0.1, 0.15) is 11.1 Å². The maximum Gasteiger partial charge on any atom is 0.100 e. The highest BCUT2D eigenvalue weighted by Crippen LogP contribution is 2.32. The fourth-order valence-electron chi connectivity index (χ4n) is 1.48. The molecule has 0 aliphatic carbocycles. The van der Waals surface area contributed by atoms with E-state index >= 15 is 0 Å². The molecule has 0 N–H and O–H groups in total. The van der Waals surface area contributed by atoms with Gasteiger partial charge < -0.3 is 0 Å². The zero-order chi connectivity index (χ0) is 12.3. The minimum Gasteiger partial charge on any atom is -0.192 e. The minimum absolute atomic E-state index is 0.652. The van der Waals surface area contributed by atoms with Crippen molar-refractivity contribution in [2.24, 2.45) is 0 Å². The number of halogens is 1. The van der Waals surface area contributed by atoms with Gasteiger partial charge in [0, 0.05) is 14.8 Å². The molecule has 0 unspecified atom stereocenters. The van der Waals surface area contributed by atoms with E-state index in [1.807, 2.05) is 31.2 Å². The lowest BCUT2D eigenvalue weighted by molar-refractivity contribution is 1.33. The van der Waals surface area contributed by atoms with E-state index in [1.165, 1.54) is 5.56 Å². The molecular formula is C14H10ClNS. The minimum atomic E-state index is 0.652. The van der Waals surface area contributed by atoms with Crippen molar-refractivity contribution in [3.8, 4) is 6.07 Å². The van der Waals surface area contributed by atoms with Gasteiger partial charge in [-0.05, 0) is 37.3 Å². The Morgan fingerprint density at radius 3 is 2.71 bits per heavy atom. The summed E-state index contributed by atoms with van der Waals surface area (Å²) >= 11 is 7.51.